The van der Waals surface area contributed by atoms with E-state index in [4.69, 9.17) is 0 Å². The van der Waals surface area contributed by atoms with Crippen LogP contribution in [-0.4, -0.2) is 59.5 Å². The molecule has 23 heavy (non-hydrogen) atoms. The molecule has 0 radical (unpaired) electrons. The van der Waals surface area contributed by atoms with Crippen molar-refractivity contribution in [2.45, 2.75) is 33.6 Å². The lowest BCUT2D eigenvalue weighted by Gasteiger charge is -2.37. The molecular formula is C18H28N2O3. The monoisotopic (exact) mass is 320 g/mol. The standard InChI is InChI=1S/C18H28N2O3/c1-4-19-7-9-20(10-8-19)17(21)15-12-5-6-13(14(12)11(2)3)16(15)18(22)23/h12-13,15-16H,4-10H2,1-3H3,(H,22,23)/t12-,13+,15+,16+/m1/s1. The van der Waals surface area contributed by atoms with Crippen LogP contribution >= 0.6 is 0 Å². The number of hydrogen-bond acceptors (Lipinski definition) is 3. The van der Waals surface area contributed by atoms with Crippen LogP contribution in [0.2, 0.25) is 0 Å². The van der Waals surface area contributed by atoms with Gasteiger partial charge >= 0.3 is 5.97 Å². The molecule has 1 saturated heterocycles. The largest absolute Gasteiger partial charge is 0.481 e. The molecule has 0 aromatic heterocycles. The fraction of sp³-hybridized carbons (Fsp3) is 0.778. The van der Waals surface area contributed by atoms with Crippen molar-refractivity contribution in [1.29, 1.82) is 0 Å². The third-order valence-corrected chi connectivity index (χ3v) is 6.12. The Morgan fingerprint density at radius 1 is 1.04 bits per heavy atom. The lowest BCUT2D eigenvalue weighted by atomic mass is 9.78. The van der Waals surface area contributed by atoms with Crippen LogP contribution in [0, 0.1) is 23.7 Å². The lowest BCUT2D eigenvalue weighted by Crippen LogP contribution is -2.52. The van der Waals surface area contributed by atoms with Gasteiger partial charge in [0.1, 0.15) is 0 Å². The summed E-state index contributed by atoms with van der Waals surface area (Å²) in [5.74, 6) is -1.34. The van der Waals surface area contributed by atoms with Gasteiger partial charge < -0.3 is 14.9 Å². The average molecular weight is 320 g/mol. The van der Waals surface area contributed by atoms with E-state index in [0.717, 1.165) is 45.6 Å². The SMILES string of the molecule is CCN1CCN(C(=O)[C@@H]2[C@@H](C(=O)O)[C@H]3CC[C@@H]2C3=C(C)C)CC1. The van der Waals surface area contributed by atoms with Crippen LogP contribution in [0.3, 0.4) is 0 Å². The Labute approximate surface area is 138 Å². The molecule has 1 amide bonds. The second-order valence-electron chi connectivity index (χ2n) is 7.40. The maximum absolute atomic E-state index is 13.1. The lowest BCUT2D eigenvalue weighted by molar-refractivity contribution is -0.153. The van der Waals surface area contributed by atoms with E-state index in [0.29, 0.717) is 0 Å². The predicted molar refractivity (Wildman–Crippen MR) is 87.9 cm³/mol. The first-order valence-corrected chi connectivity index (χ1v) is 8.86. The van der Waals surface area contributed by atoms with Gasteiger partial charge in [0.05, 0.1) is 11.8 Å². The maximum atomic E-state index is 13.1. The number of rotatable bonds is 3. The van der Waals surface area contributed by atoms with E-state index in [-0.39, 0.29) is 23.7 Å². The van der Waals surface area contributed by atoms with Gasteiger partial charge in [-0.3, -0.25) is 9.59 Å². The van der Waals surface area contributed by atoms with E-state index < -0.39 is 11.9 Å². The van der Waals surface area contributed by atoms with Crippen LogP contribution in [0.5, 0.6) is 0 Å². The van der Waals surface area contributed by atoms with Gasteiger partial charge in [0, 0.05) is 26.2 Å². The summed E-state index contributed by atoms with van der Waals surface area (Å²) in [5, 5.41) is 9.73. The number of carbonyl (C=O) groups is 2. The van der Waals surface area contributed by atoms with Crippen LogP contribution in [0.4, 0.5) is 0 Å². The first-order chi connectivity index (χ1) is 11.0. The molecule has 1 heterocycles. The van der Waals surface area contributed by atoms with Crippen molar-refractivity contribution in [2.75, 3.05) is 32.7 Å². The molecule has 1 N–H and O–H groups in total. The highest BCUT2D eigenvalue weighted by atomic mass is 16.4. The van der Waals surface area contributed by atoms with Crippen LogP contribution in [0.25, 0.3) is 0 Å². The minimum absolute atomic E-state index is 0.0772. The number of allylic oxidation sites excluding steroid dienone is 2. The summed E-state index contributed by atoms with van der Waals surface area (Å²) in [6, 6.07) is 0. The van der Waals surface area contributed by atoms with Crippen LogP contribution in [-0.2, 0) is 9.59 Å². The number of carboxylic acids is 1. The molecule has 2 saturated carbocycles. The summed E-state index contributed by atoms with van der Waals surface area (Å²) in [5.41, 5.74) is 2.48. The maximum Gasteiger partial charge on any atom is 0.307 e. The fourth-order valence-corrected chi connectivity index (χ4v) is 5.08. The van der Waals surface area contributed by atoms with Crippen LogP contribution < -0.4 is 0 Å². The zero-order valence-corrected chi connectivity index (χ0v) is 14.4. The number of fused-ring (bicyclic) bond motifs is 2. The van der Waals surface area contributed by atoms with Crippen molar-refractivity contribution in [3.63, 3.8) is 0 Å². The van der Waals surface area contributed by atoms with Crippen molar-refractivity contribution >= 4 is 11.9 Å². The number of aliphatic carboxylic acids is 1. The Bertz CT molecular complexity index is 530. The van der Waals surface area contributed by atoms with E-state index in [1.54, 1.807) is 0 Å². The molecule has 0 spiro atoms. The molecule has 128 valence electrons. The number of carbonyl (C=O) groups excluding carboxylic acids is 1. The number of carboxylic acid groups (broad SMARTS) is 1. The quantitative estimate of drug-likeness (QED) is 0.806. The first-order valence-electron chi connectivity index (χ1n) is 8.86. The molecule has 2 bridgehead atoms. The first kappa shape index (κ1) is 16.5. The van der Waals surface area contributed by atoms with Crippen LogP contribution in [0.1, 0.15) is 33.6 Å². The number of hydrogen-bond donors (Lipinski definition) is 1. The van der Waals surface area contributed by atoms with E-state index >= 15 is 0 Å². The van der Waals surface area contributed by atoms with E-state index in [2.05, 4.69) is 25.7 Å². The molecule has 0 aromatic carbocycles. The molecule has 1 aliphatic heterocycles. The number of nitrogens with zero attached hydrogens (tertiary/aromatic N) is 2. The van der Waals surface area contributed by atoms with Gasteiger partial charge in [-0.15, -0.1) is 0 Å². The molecule has 3 aliphatic rings. The van der Waals surface area contributed by atoms with Crippen molar-refractivity contribution < 1.29 is 14.7 Å². The molecule has 0 aromatic rings. The second kappa shape index (κ2) is 6.27. The highest BCUT2D eigenvalue weighted by Crippen LogP contribution is 2.57. The molecule has 0 unspecified atom stereocenters. The Kier molecular flexibility index (Phi) is 4.50. The molecule has 3 fully saturated rings. The summed E-state index contributed by atoms with van der Waals surface area (Å²) in [6.07, 6.45) is 1.90. The summed E-state index contributed by atoms with van der Waals surface area (Å²) in [6.45, 7) is 10.5. The van der Waals surface area contributed by atoms with Crippen LogP contribution in [0.15, 0.2) is 11.1 Å². The smallest absolute Gasteiger partial charge is 0.307 e. The van der Waals surface area contributed by atoms with Crippen molar-refractivity contribution in [3.8, 4) is 0 Å². The Morgan fingerprint density at radius 2 is 1.61 bits per heavy atom. The van der Waals surface area contributed by atoms with E-state index in [1.165, 1.54) is 11.1 Å². The zero-order valence-electron chi connectivity index (χ0n) is 14.4. The number of likely N-dealkylation sites (N-methyl/N-ethyl adjacent to an activating group) is 1. The zero-order chi connectivity index (χ0) is 16.7. The average Bonchev–Trinajstić information content (AvgIpc) is 3.10. The number of piperazine rings is 1. The van der Waals surface area contributed by atoms with Gasteiger partial charge in [0.25, 0.3) is 0 Å². The van der Waals surface area contributed by atoms with Gasteiger partial charge in [0.15, 0.2) is 0 Å². The highest BCUT2D eigenvalue weighted by Gasteiger charge is 2.57. The Morgan fingerprint density at radius 3 is 2.09 bits per heavy atom. The third kappa shape index (κ3) is 2.69. The highest BCUT2D eigenvalue weighted by molar-refractivity contribution is 5.87. The Hall–Kier alpha value is -1.36. The normalized spacial score (nSPS) is 34.0. The van der Waals surface area contributed by atoms with Gasteiger partial charge in [-0.2, -0.15) is 0 Å². The molecule has 2 aliphatic carbocycles. The summed E-state index contributed by atoms with van der Waals surface area (Å²) in [7, 11) is 0. The van der Waals surface area contributed by atoms with Gasteiger partial charge in [-0.25, -0.2) is 0 Å². The Balaban J connectivity index is 1.82. The van der Waals surface area contributed by atoms with Crippen molar-refractivity contribution in [3.05, 3.63) is 11.1 Å². The summed E-state index contributed by atoms with van der Waals surface area (Å²) < 4.78 is 0. The second-order valence-corrected chi connectivity index (χ2v) is 7.40. The van der Waals surface area contributed by atoms with Gasteiger partial charge in [-0.05, 0) is 45.1 Å². The van der Waals surface area contributed by atoms with Gasteiger partial charge in [0.2, 0.25) is 5.91 Å². The minimum atomic E-state index is -0.790. The number of amides is 1. The minimum Gasteiger partial charge on any atom is -0.481 e. The molecule has 3 rings (SSSR count). The fourth-order valence-electron chi connectivity index (χ4n) is 5.08. The predicted octanol–water partition coefficient (Wildman–Crippen LogP) is 1.84. The van der Waals surface area contributed by atoms with Gasteiger partial charge in [-0.1, -0.05) is 18.1 Å². The summed E-state index contributed by atoms with van der Waals surface area (Å²) in [4.78, 5) is 29.2. The summed E-state index contributed by atoms with van der Waals surface area (Å²) >= 11 is 0. The van der Waals surface area contributed by atoms with E-state index in [1.807, 2.05) is 4.90 Å². The molecule has 5 nitrogen and oxygen atoms in total. The molecule has 4 atom stereocenters. The third-order valence-electron chi connectivity index (χ3n) is 6.12. The van der Waals surface area contributed by atoms with E-state index in [9.17, 15) is 14.7 Å². The molecular weight excluding hydrogens is 292 g/mol. The van der Waals surface area contributed by atoms with Crippen molar-refractivity contribution in [1.82, 2.24) is 9.80 Å². The topological polar surface area (TPSA) is 60.9 Å². The van der Waals surface area contributed by atoms with Crippen molar-refractivity contribution in [2.24, 2.45) is 23.7 Å². The molecule has 5 heteroatoms.